The number of hydrogen-bond donors (Lipinski definition) is 1. The van der Waals surface area contributed by atoms with Gasteiger partial charge in [0, 0.05) is 23.8 Å². The van der Waals surface area contributed by atoms with Crippen molar-refractivity contribution in [2.45, 2.75) is 45.4 Å². The molecular formula is C15H23NO2. The largest absolute Gasteiger partial charge is 0.388 e. The highest BCUT2D eigenvalue weighted by Gasteiger charge is 2.26. The lowest BCUT2D eigenvalue weighted by Gasteiger charge is -2.40. The first-order chi connectivity index (χ1) is 8.63. The summed E-state index contributed by atoms with van der Waals surface area (Å²) >= 11 is 0. The summed E-state index contributed by atoms with van der Waals surface area (Å²) in [6, 6.07) is 8.51. The lowest BCUT2D eigenvalue weighted by Crippen LogP contribution is -2.47. The summed E-state index contributed by atoms with van der Waals surface area (Å²) in [4.78, 5) is 2.35. The number of morpholine rings is 1. The van der Waals surface area contributed by atoms with Gasteiger partial charge >= 0.3 is 0 Å². The van der Waals surface area contributed by atoms with Crippen LogP contribution in [-0.4, -0.2) is 30.4 Å². The third kappa shape index (κ3) is 2.68. The first-order valence-corrected chi connectivity index (χ1v) is 6.78. The van der Waals surface area contributed by atoms with E-state index in [0.717, 1.165) is 30.8 Å². The van der Waals surface area contributed by atoms with E-state index in [9.17, 15) is 5.11 Å². The zero-order valence-electron chi connectivity index (χ0n) is 11.5. The van der Waals surface area contributed by atoms with Gasteiger partial charge in [0.25, 0.3) is 0 Å². The highest BCUT2D eigenvalue weighted by molar-refractivity contribution is 5.55. The summed E-state index contributed by atoms with van der Waals surface area (Å²) in [6.07, 6.45) is 0.602. The van der Waals surface area contributed by atoms with Crippen LogP contribution in [0.2, 0.25) is 0 Å². The number of para-hydroxylation sites is 1. The molecule has 1 aliphatic rings. The van der Waals surface area contributed by atoms with Crippen LogP contribution in [0.1, 0.15) is 38.9 Å². The van der Waals surface area contributed by atoms with E-state index >= 15 is 0 Å². The van der Waals surface area contributed by atoms with E-state index in [1.807, 2.05) is 25.1 Å². The summed E-state index contributed by atoms with van der Waals surface area (Å²) in [6.45, 7) is 7.90. The van der Waals surface area contributed by atoms with E-state index < -0.39 is 0 Å². The average molecular weight is 249 g/mol. The van der Waals surface area contributed by atoms with Crippen LogP contribution in [0.15, 0.2) is 24.3 Å². The maximum absolute atomic E-state index is 10.1. The van der Waals surface area contributed by atoms with E-state index in [4.69, 9.17) is 4.74 Å². The molecule has 0 aliphatic carbocycles. The second-order valence-electron chi connectivity index (χ2n) is 5.13. The minimum atomic E-state index is -0.383. The maximum atomic E-state index is 10.1. The predicted molar refractivity (Wildman–Crippen MR) is 73.9 cm³/mol. The van der Waals surface area contributed by atoms with Crippen molar-refractivity contribution in [2.24, 2.45) is 0 Å². The molecule has 1 aromatic rings. The number of benzene rings is 1. The van der Waals surface area contributed by atoms with Crippen LogP contribution in [0.25, 0.3) is 0 Å². The fourth-order valence-electron chi connectivity index (χ4n) is 2.49. The minimum Gasteiger partial charge on any atom is -0.388 e. The van der Waals surface area contributed by atoms with Gasteiger partial charge in [-0.25, -0.2) is 0 Å². The fraction of sp³-hybridized carbons (Fsp3) is 0.600. The van der Waals surface area contributed by atoms with Gasteiger partial charge in [-0.1, -0.05) is 25.1 Å². The van der Waals surface area contributed by atoms with E-state index in [2.05, 4.69) is 24.8 Å². The zero-order chi connectivity index (χ0) is 13.1. The molecule has 0 saturated carbocycles. The highest BCUT2D eigenvalue weighted by Crippen LogP contribution is 2.31. The van der Waals surface area contributed by atoms with Crippen molar-refractivity contribution >= 4 is 5.69 Å². The molecule has 0 radical (unpaired) electrons. The standard InChI is InChI=1S/C15H23NO2/c1-4-15(17)13-7-5-6-8-14(13)16-9-12(3)18-10-11(16)2/h5-8,11-12,15,17H,4,9-10H2,1-3H3/t11?,12?,15-/m1/s1. The molecular weight excluding hydrogens is 226 g/mol. The monoisotopic (exact) mass is 249 g/mol. The molecule has 3 nitrogen and oxygen atoms in total. The molecule has 18 heavy (non-hydrogen) atoms. The van der Waals surface area contributed by atoms with Crippen molar-refractivity contribution in [3.05, 3.63) is 29.8 Å². The Labute approximate surface area is 109 Å². The molecule has 2 unspecified atom stereocenters. The van der Waals surface area contributed by atoms with E-state index in [-0.39, 0.29) is 12.2 Å². The number of aliphatic hydroxyl groups is 1. The third-order valence-electron chi connectivity index (χ3n) is 3.60. The van der Waals surface area contributed by atoms with Gasteiger partial charge in [0.05, 0.1) is 18.8 Å². The summed E-state index contributed by atoms with van der Waals surface area (Å²) in [5, 5.41) is 10.1. The number of anilines is 1. The van der Waals surface area contributed by atoms with Gasteiger partial charge in [-0.05, 0) is 26.3 Å². The van der Waals surface area contributed by atoms with Crippen LogP contribution in [0, 0.1) is 0 Å². The van der Waals surface area contributed by atoms with Crippen molar-refractivity contribution in [3.8, 4) is 0 Å². The molecule has 1 fully saturated rings. The average Bonchev–Trinajstić information content (AvgIpc) is 2.40. The molecule has 1 heterocycles. The molecule has 1 aromatic carbocycles. The van der Waals surface area contributed by atoms with E-state index in [1.165, 1.54) is 0 Å². The first kappa shape index (κ1) is 13.4. The summed E-state index contributed by atoms with van der Waals surface area (Å²) < 4.78 is 5.66. The maximum Gasteiger partial charge on any atom is 0.0807 e. The normalized spacial score (nSPS) is 26.1. The van der Waals surface area contributed by atoms with Gasteiger partial charge in [0.1, 0.15) is 0 Å². The zero-order valence-corrected chi connectivity index (χ0v) is 11.5. The Balaban J connectivity index is 2.31. The molecule has 1 N–H and O–H groups in total. The minimum absolute atomic E-state index is 0.244. The third-order valence-corrected chi connectivity index (χ3v) is 3.60. The Hall–Kier alpha value is -1.06. The Morgan fingerprint density at radius 3 is 2.83 bits per heavy atom. The first-order valence-electron chi connectivity index (χ1n) is 6.78. The Bertz CT molecular complexity index is 394. The predicted octanol–water partition coefficient (Wildman–Crippen LogP) is 2.74. The molecule has 3 heteroatoms. The van der Waals surface area contributed by atoms with Gasteiger partial charge in [-0.15, -0.1) is 0 Å². The molecule has 2 rings (SSSR count). The number of ether oxygens (including phenoxy) is 1. The number of rotatable bonds is 3. The van der Waals surface area contributed by atoms with Crippen LogP contribution in [0.5, 0.6) is 0 Å². The topological polar surface area (TPSA) is 32.7 Å². The molecule has 1 saturated heterocycles. The lowest BCUT2D eigenvalue weighted by molar-refractivity contribution is 0.0340. The van der Waals surface area contributed by atoms with Crippen LogP contribution in [0.3, 0.4) is 0 Å². The highest BCUT2D eigenvalue weighted by atomic mass is 16.5. The smallest absolute Gasteiger partial charge is 0.0807 e. The van der Waals surface area contributed by atoms with Crippen molar-refractivity contribution in [2.75, 3.05) is 18.1 Å². The van der Waals surface area contributed by atoms with E-state index in [1.54, 1.807) is 0 Å². The van der Waals surface area contributed by atoms with Gasteiger partial charge in [0.2, 0.25) is 0 Å². The van der Waals surface area contributed by atoms with Crippen molar-refractivity contribution in [1.29, 1.82) is 0 Å². The molecule has 0 aromatic heterocycles. The van der Waals surface area contributed by atoms with Crippen LogP contribution in [0.4, 0.5) is 5.69 Å². The van der Waals surface area contributed by atoms with Crippen LogP contribution in [-0.2, 0) is 4.74 Å². The molecule has 0 spiro atoms. The summed E-state index contributed by atoms with van der Waals surface area (Å²) in [7, 11) is 0. The second kappa shape index (κ2) is 5.72. The Kier molecular flexibility index (Phi) is 4.25. The Morgan fingerprint density at radius 1 is 1.39 bits per heavy atom. The number of nitrogens with zero attached hydrogens (tertiary/aromatic N) is 1. The molecule has 1 aliphatic heterocycles. The molecule has 3 atom stereocenters. The van der Waals surface area contributed by atoms with Gasteiger partial charge < -0.3 is 14.7 Å². The number of hydrogen-bond acceptors (Lipinski definition) is 3. The number of aliphatic hydroxyl groups excluding tert-OH is 1. The van der Waals surface area contributed by atoms with Crippen molar-refractivity contribution in [3.63, 3.8) is 0 Å². The van der Waals surface area contributed by atoms with E-state index in [0.29, 0.717) is 6.04 Å². The molecule has 0 amide bonds. The summed E-state index contributed by atoms with van der Waals surface area (Å²) in [5.74, 6) is 0. The SMILES string of the molecule is CC[C@@H](O)c1ccccc1N1CC(C)OCC1C. The fourth-order valence-corrected chi connectivity index (χ4v) is 2.49. The second-order valence-corrected chi connectivity index (χ2v) is 5.13. The van der Waals surface area contributed by atoms with Crippen molar-refractivity contribution < 1.29 is 9.84 Å². The van der Waals surface area contributed by atoms with Gasteiger partial charge in [-0.3, -0.25) is 0 Å². The van der Waals surface area contributed by atoms with Crippen LogP contribution >= 0.6 is 0 Å². The molecule has 0 bridgehead atoms. The summed E-state index contributed by atoms with van der Waals surface area (Å²) in [5.41, 5.74) is 2.18. The quantitative estimate of drug-likeness (QED) is 0.894. The van der Waals surface area contributed by atoms with Crippen LogP contribution < -0.4 is 4.90 Å². The van der Waals surface area contributed by atoms with Gasteiger partial charge in [-0.2, -0.15) is 0 Å². The lowest BCUT2D eigenvalue weighted by atomic mass is 10.0. The Morgan fingerprint density at radius 2 is 2.11 bits per heavy atom. The van der Waals surface area contributed by atoms with Gasteiger partial charge in [0.15, 0.2) is 0 Å². The van der Waals surface area contributed by atoms with Crippen molar-refractivity contribution in [1.82, 2.24) is 0 Å². The molecule has 100 valence electrons.